The van der Waals surface area contributed by atoms with Gasteiger partial charge in [-0.15, -0.1) is 11.3 Å². The third-order valence-electron chi connectivity index (χ3n) is 3.73. The zero-order valence-electron chi connectivity index (χ0n) is 16.0. The molecule has 2 amide bonds. The fourth-order valence-corrected chi connectivity index (χ4v) is 4.24. The van der Waals surface area contributed by atoms with Crippen molar-refractivity contribution in [2.75, 3.05) is 6.61 Å². The Morgan fingerprint density at radius 2 is 1.77 bits per heavy atom. The van der Waals surface area contributed by atoms with Gasteiger partial charge in [-0.1, -0.05) is 31.5 Å². The van der Waals surface area contributed by atoms with Gasteiger partial charge in [0.25, 0.3) is 11.8 Å². The third kappa shape index (κ3) is 6.80. The molecule has 3 N–H and O–H groups in total. The summed E-state index contributed by atoms with van der Waals surface area (Å²) in [4.78, 5) is 36.2. The van der Waals surface area contributed by atoms with Crippen LogP contribution < -0.4 is 15.6 Å². The second-order valence-electron chi connectivity index (χ2n) is 6.38. The summed E-state index contributed by atoms with van der Waals surface area (Å²) in [6, 6.07) is 7.46. The zero-order valence-corrected chi connectivity index (χ0v) is 18.4. The van der Waals surface area contributed by atoms with Crippen LogP contribution in [-0.2, 0) is 24.3 Å². The maximum Gasteiger partial charge on any atom is 0.324 e. The fraction of sp³-hybridized carbons (Fsp3) is 0.278. The minimum Gasteiger partial charge on any atom is -0.454 e. The lowest BCUT2D eigenvalue weighted by atomic mass is 10.1. The Bertz CT molecular complexity index is 991. The van der Waals surface area contributed by atoms with E-state index in [0.29, 0.717) is 9.90 Å². The highest BCUT2D eigenvalue weighted by atomic mass is 35.5. The molecule has 1 aromatic carbocycles. The van der Waals surface area contributed by atoms with Crippen LogP contribution in [0.3, 0.4) is 0 Å². The van der Waals surface area contributed by atoms with Crippen molar-refractivity contribution in [1.82, 2.24) is 15.6 Å². The lowest BCUT2D eigenvalue weighted by Crippen LogP contribution is -2.47. The number of sulfonamides is 1. The predicted octanol–water partition coefficient (Wildman–Crippen LogP) is 1.71. The normalized spacial score (nSPS) is 12.3. The molecule has 0 aliphatic carbocycles. The minimum atomic E-state index is -4.02. The van der Waals surface area contributed by atoms with E-state index in [-0.39, 0.29) is 4.90 Å². The maximum absolute atomic E-state index is 12.5. The second-order valence-corrected chi connectivity index (χ2v) is 9.48. The average molecular weight is 474 g/mol. The van der Waals surface area contributed by atoms with Crippen LogP contribution in [0.1, 0.15) is 23.5 Å². The number of carbonyl (C=O) groups excluding carboxylic acids is 3. The van der Waals surface area contributed by atoms with Gasteiger partial charge in [-0.3, -0.25) is 25.2 Å². The molecule has 30 heavy (non-hydrogen) atoms. The number of rotatable bonds is 8. The Labute approximate surface area is 182 Å². The van der Waals surface area contributed by atoms with Crippen LogP contribution in [0.4, 0.5) is 0 Å². The molecular weight excluding hydrogens is 454 g/mol. The fourth-order valence-electron chi connectivity index (χ4n) is 2.16. The number of hydrogen-bond acceptors (Lipinski definition) is 7. The molecular formula is C18H20ClN3O6S2. The number of benzene rings is 1. The molecule has 12 heteroatoms. The van der Waals surface area contributed by atoms with E-state index in [2.05, 4.69) is 15.6 Å². The molecule has 0 spiro atoms. The number of thiophene rings is 1. The highest BCUT2D eigenvalue weighted by molar-refractivity contribution is 7.89. The van der Waals surface area contributed by atoms with Gasteiger partial charge in [0.15, 0.2) is 6.61 Å². The SMILES string of the molecule is CC(C)C(NS(=O)(=O)c1ccc(Cl)cc1)C(=O)OCC(=O)NNC(=O)c1cccs1. The summed E-state index contributed by atoms with van der Waals surface area (Å²) in [6.07, 6.45) is 0. The van der Waals surface area contributed by atoms with Gasteiger partial charge >= 0.3 is 5.97 Å². The Balaban J connectivity index is 1.91. The van der Waals surface area contributed by atoms with Gasteiger partial charge in [0, 0.05) is 5.02 Å². The molecule has 0 saturated carbocycles. The standard InChI is InChI=1S/C18H20ClN3O6S2/c1-11(2)16(22-30(26,27)13-7-5-12(19)6-8-13)18(25)28-10-15(23)20-21-17(24)14-4-3-9-29-14/h3-9,11,16,22H,10H2,1-2H3,(H,20,23)(H,21,24). The predicted molar refractivity (Wildman–Crippen MR) is 111 cm³/mol. The molecule has 0 aliphatic heterocycles. The molecule has 0 radical (unpaired) electrons. The van der Waals surface area contributed by atoms with E-state index in [1.165, 1.54) is 35.6 Å². The summed E-state index contributed by atoms with van der Waals surface area (Å²) in [5.74, 6) is -2.68. The number of esters is 1. The first kappa shape index (κ1) is 23.8. The van der Waals surface area contributed by atoms with Crippen molar-refractivity contribution in [1.29, 1.82) is 0 Å². The number of hydrogen-bond donors (Lipinski definition) is 3. The largest absolute Gasteiger partial charge is 0.454 e. The number of halogens is 1. The summed E-state index contributed by atoms with van der Waals surface area (Å²) in [5, 5.41) is 2.07. The average Bonchev–Trinajstić information content (AvgIpc) is 3.23. The Morgan fingerprint density at radius 3 is 2.33 bits per heavy atom. The lowest BCUT2D eigenvalue weighted by Gasteiger charge is -2.20. The number of hydrazine groups is 1. The topological polar surface area (TPSA) is 131 Å². The number of nitrogens with one attached hydrogen (secondary N) is 3. The Kier molecular flexibility index (Phi) is 8.35. The first-order valence-electron chi connectivity index (χ1n) is 8.67. The molecule has 0 aliphatic rings. The zero-order chi connectivity index (χ0) is 22.3. The molecule has 1 heterocycles. The van der Waals surface area contributed by atoms with Gasteiger partial charge in [-0.05, 0) is 41.6 Å². The van der Waals surface area contributed by atoms with Crippen LogP contribution in [0, 0.1) is 5.92 Å². The van der Waals surface area contributed by atoms with E-state index >= 15 is 0 Å². The minimum absolute atomic E-state index is 0.0700. The molecule has 1 atom stereocenters. The first-order valence-corrected chi connectivity index (χ1v) is 11.4. The second kappa shape index (κ2) is 10.5. The summed E-state index contributed by atoms with van der Waals surface area (Å²) in [5.41, 5.74) is 4.30. The van der Waals surface area contributed by atoms with Gasteiger partial charge < -0.3 is 4.74 Å². The highest BCUT2D eigenvalue weighted by Crippen LogP contribution is 2.16. The van der Waals surface area contributed by atoms with Crippen LogP contribution in [0.15, 0.2) is 46.7 Å². The van der Waals surface area contributed by atoms with Gasteiger partial charge in [0.2, 0.25) is 10.0 Å². The first-order chi connectivity index (χ1) is 14.1. The van der Waals surface area contributed by atoms with E-state index < -0.39 is 46.4 Å². The molecule has 9 nitrogen and oxygen atoms in total. The van der Waals surface area contributed by atoms with Crippen molar-refractivity contribution < 1.29 is 27.5 Å². The Morgan fingerprint density at radius 1 is 1.10 bits per heavy atom. The number of ether oxygens (including phenoxy) is 1. The van der Waals surface area contributed by atoms with Gasteiger partial charge in [0.1, 0.15) is 6.04 Å². The van der Waals surface area contributed by atoms with Gasteiger partial charge in [0.05, 0.1) is 9.77 Å². The maximum atomic E-state index is 12.5. The molecule has 2 rings (SSSR count). The van der Waals surface area contributed by atoms with Crippen molar-refractivity contribution in [2.24, 2.45) is 5.92 Å². The van der Waals surface area contributed by atoms with Crippen molar-refractivity contribution in [3.05, 3.63) is 51.7 Å². The van der Waals surface area contributed by atoms with E-state index in [0.717, 1.165) is 0 Å². The molecule has 1 aromatic heterocycles. The van der Waals surface area contributed by atoms with Gasteiger partial charge in [-0.25, -0.2) is 8.42 Å². The molecule has 2 aromatic rings. The van der Waals surface area contributed by atoms with Crippen LogP contribution in [-0.4, -0.2) is 38.9 Å². The van der Waals surface area contributed by atoms with Crippen molar-refractivity contribution in [3.63, 3.8) is 0 Å². The summed E-state index contributed by atoms with van der Waals surface area (Å²) in [7, 11) is -4.02. The van der Waals surface area contributed by atoms with E-state index in [9.17, 15) is 22.8 Å². The van der Waals surface area contributed by atoms with E-state index in [4.69, 9.17) is 16.3 Å². The lowest BCUT2D eigenvalue weighted by molar-refractivity contribution is -0.151. The number of amides is 2. The molecule has 1 unspecified atom stereocenters. The van der Waals surface area contributed by atoms with Crippen LogP contribution >= 0.6 is 22.9 Å². The third-order valence-corrected chi connectivity index (χ3v) is 6.31. The van der Waals surface area contributed by atoms with E-state index in [1.54, 1.807) is 31.4 Å². The molecule has 162 valence electrons. The highest BCUT2D eigenvalue weighted by Gasteiger charge is 2.30. The molecule has 0 saturated heterocycles. The van der Waals surface area contributed by atoms with Crippen LogP contribution in [0.2, 0.25) is 5.02 Å². The monoisotopic (exact) mass is 473 g/mol. The van der Waals surface area contributed by atoms with E-state index in [1.807, 2.05) is 0 Å². The summed E-state index contributed by atoms with van der Waals surface area (Å²) >= 11 is 6.95. The molecule has 0 fully saturated rings. The smallest absolute Gasteiger partial charge is 0.324 e. The van der Waals surface area contributed by atoms with Crippen molar-refractivity contribution >= 4 is 50.7 Å². The molecule has 0 bridgehead atoms. The Hall–Kier alpha value is -2.47. The quantitative estimate of drug-likeness (QED) is 0.395. The van der Waals surface area contributed by atoms with Crippen LogP contribution in [0.5, 0.6) is 0 Å². The van der Waals surface area contributed by atoms with Gasteiger partial charge in [-0.2, -0.15) is 4.72 Å². The number of carbonyl (C=O) groups is 3. The van der Waals surface area contributed by atoms with Crippen molar-refractivity contribution in [2.45, 2.75) is 24.8 Å². The van der Waals surface area contributed by atoms with Crippen molar-refractivity contribution in [3.8, 4) is 0 Å². The summed E-state index contributed by atoms with van der Waals surface area (Å²) in [6.45, 7) is 2.55. The summed E-state index contributed by atoms with van der Waals surface area (Å²) < 4.78 is 32.2. The van der Waals surface area contributed by atoms with Crippen LogP contribution in [0.25, 0.3) is 0 Å².